The van der Waals surface area contributed by atoms with Crippen molar-refractivity contribution in [3.8, 4) is 0 Å². The molecule has 0 saturated carbocycles. The third-order valence-corrected chi connectivity index (χ3v) is 5.44. The Bertz CT molecular complexity index is 570. The highest BCUT2D eigenvalue weighted by molar-refractivity contribution is 7.92. The van der Waals surface area contributed by atoms with Crippen molar-refractivity contribution in [2.75, 3.05) is 0 Å². The normalized spacial score (nSPS) is 15.3. The number of hydrogen-bond acceptors (Lipinski definition) is 4. The van der Waals surface area contributed by atoms with Gasteiger partial charge in [-0.3, -0.25) is 4.79 Å². The van der Waals surface area contributed by atoms with E-state index < -0.39 is 27.2 Å². The lowest BCUT2D eigenvalue weighted by Crippen LogP contribution is -2.38. The number of hydrogen-bond donors (Lipinski definition) is 0. The molecule has 2 atom stereocenters. The van der Waals surface area contributed by atoms with E-state index >= 15 is 0 Å². The van der Waals surface area contributed by atoms with E-state index in [1.54, 1.807) is 37.3 Å². The van der Waals surface area contributed by atoms with Gasteiger partial charge in [-0.15, -0.1) is 0 Å². The van der Waals surface area contributed by atoms with Gasteiger partial charge in [0.1, 0.15) is 11.4 Å². The number of benzene rings is 1. The molecule has 0 heterocycles. The largest absolute Gasteiger partial charge is 0.461 e. The number of esters is 1. The first-order valence-electron chi connectivity index (χ1n) is 7.00. The van der Waals surface area contributed by atoms with Crippen molar-refractivity contribution in [1.82, 2.24) is 0 Å². The Labute approximate surface area is 127 Å². The molecule has 0 N–H and O–H groups in total. The lowest BCUT2D eigenvalue weighted by Gasteiger charge is -2.29. The summed E-state index contributed by atoms with van der Waals surface area (Å²) in [4.78, 5) is 11.4. The van der Waals surface area contributed by atoms with Gasteiger partial charge in [-0.1, -0.05) is 39.0 Å². The van der Waals surface area contributed by atoms with Gasteiger partial charge in [-0.05, 0) is 30.9 Å². The summed E-state index contributed by atoms with van der Waals surface area (Å²) in [6.07, 6.45) is -0.273. The van der Waals surface area contributed by atoms with Crippen molar-refractivity contribution in [2.24, 2.45) is 5.41 Å². The van der Waals surface area contributed by atoms with Crippen LogP contribution in [0.4, 0.5) is 0 Å². The van der Waals surface area contributed by atoms with Crippen LogP contribution in [0.5, 0.6) is 0 Å². The molecule has 0 aromatic heterocycles. The average molecular weight is 312 g/mol. The van der Waals surface area contributed by atoms with Crippen molar-refractivity contribution in [3.63, 3.8) is 0 Å². The Balaban J connectivity index is 3.20. The fourth-order valence-electron chi connectivity index (χ4n) is 2.25. The second-order valence-corrected chi connectivity index (χ2v) is 8.64. The third-order valence-electron chi connectivity index (χ3n) is 3.16. The molecule has 0 fully saturated rings. The van der Waals surface area contributed by atoms with E-state index in [-0.39, 0.29) is 10.3 Å². The van der Waals surface area contributed by atoms with E-state index in [4.69, 9.17) is 4.74 Å². The fourth-order valence-corrected chi connectivity index (χ4v) is 4.42. The minimum absolute atomic E-state index is 0.194. The van der Waals surface area contributed by atoms with Gasteiger partial charge in [0.25, 0.3) is 0 Å². The van der Waals surface area contributed by atoms with E-state index in [1.807, 2.05) is 20.8 Å². The zero-order valence-corrected chi connectivity index (χ0v) is 14.1. The number of ether oxygens (including phenoxy) is 1. The van der Waals surface area contributed by atoms with Gasteiger partial charge in [-0.2, -0.15) is 0 Å². The maximum absolute atomic E-state index is 12.8. The molecule has 5 heteroatoms. The minimum atomic E-state index is -3.56. The Morgan fingerprint density at radius 3 is 2.14 bits per heavy atom. The zero-order chi connectivity index (χ0) is 16.3. The maximum atomic E-state index is 12.8. The van der Waals surface area contributed by atoms with E-state index in [0.29, 0.717) is 6.42 Å². The summed E-state index contributed by atoms with van der Waals surface area (Å²) in [6, 6.07) is 8.30. The van der Waals surface area contributed by atoms with E-state index in [0.717, 1.165) is 0 Å². The number of sulfone groups is 1. The Hall–Kier alpha value is -1.36. The predicted octanol–water partition coefficient (Wildman–Crippen LogP) is 3.22. The molecule has 4 nitrogen and oxygen atoms in total. The fraction of sp³-hybridized carbons (Fsp3) is 0.562. The van der Waals surface area contributed by atoms with Crippen LogP contribution in [0.3, 0.4) is 0 Å². The summed E-state index contributed by atoms with van der Waals surface area (Å²) in [6.45, 7) is 8.85. The minimum Gasteiger partial charge on any atom is -0.461 e. The molecule has 21 heavy (non-hydrogen) atoms. The molecular weight excluding hydrogens is 288 g/mol. The molecule has 0 amide bonds. The number of carbonyl (C=O) groups is 1. The monoisotopic (exact) mass is 312 g/mol. The van der Waals surface area contributed by atoms with Gasteiger partial charge in [-0.25, -0.2) is 8.42 Å². The van der Waals surface area contributed by atoms with Crippen LogP contribution in [-0.4, -0.2) is 25.7 Å². The average Bonchev–Trinajstić information content (AvgIpc) is 2.35. The number of rotatable bonds is 5. The topological polar surface area (TPSA) is 60.4 Å². The highest BCUT2D eigenvalue weighted by atomic mass is 32.2. The first kappa shape index (κ1) is 17.7. The molecular formula is C16H24O4S. The van der Waals surface area contributed by atoms with Crippen molar-refractivity contribution in [3.05, 3.63) is 30.3 Å². The highest BCUT2D eigenvalue weighted by Gasteiger charge is 2.37. The van der Waals surface area contributed by atoms with Gasteiger partial charge in [0.15, 0.2) is 9.84 Å². The van der Waals surface area contributed by atoms with Crippen LogP contribution in [0.25, 0.3) is 0 Å². The summed E-state index contributed by atoms with van der Waals surface area (Å²) < 4.78 is 30.8. The van der Waals surface area contributed by atoms with Crippen molar-refractivity contribution >= 4 is 15.8 Å². The first-order chi connectivity index (χ1) is 9.54. The number of carbonyl (C=O) groups excluding carboxylic acids is 1. The summed E-state index contributed by atoms with van der Waals surface area (Å²) in [5.41, 5.74) is -0.194. The Kier molecular flexibility index (Phi) is 5.56. The summed E-state index contributed by atoms with van der Waals surface area (Å²) in [5.74, 6) is -0.468. The molecule has 0 unspecified atom stereocenters. The summed E-state index contributed by atoms with van der Waals surface area (Å²) in [7, 11) is -3.56. The van der Waals surface area contributed by atoms with E-state index in [2.05, 4.69) is 0 Å². The van der Waals surface area contributed by atoms with Crippen molar-refractivity contribution in [1.29, 1.82) is 0 Å². The van der Waals surface area contributed by atoms with Gasteiger partial charge in [0.2, 0.25) is 0 Å². The molecule has 1 rings (SSSR count). The van der Waals surface area contributed by atoms with E-state index in [9.17, 15) is 13.2 Å². The second-order valence-electron chi connectivity index (χ2n) is 6.48. The Morgan fingerprint density at radius 2 is 1.71 bits per heavy atom. The van der Waals surface area contributed by atoms with Gasteiger partial charge >= 0.3 is 5.97 Å². The van der Waals surface area contributed by atoms with E-state index in [1.165, 1.54) is 6.92 Å². The SMILES string of the molecule is CC(=O)O[C@H](C)[C@H](CC(C)(C)C)S(=O)(=O)c1ccccc1. The molecule has 1 aromatic carbocycles. The molecule has 0 spiro atoms. The van der Waals surface area contributed by atoms with Crippen LogP contribution < -0.4 is 0 Å². The lowest BCUT2D eigenvalue weighted by molar-refractivity contribution is -0.145. The highest BCUT2D eigenvalue weighted by Crippen LogP contribution is 2.31. The molecule has 1 aromatic rings. The smallest absolute Gasteiger partial charge is 0.302 e. The van der Waals surface area contributed by atoms with Crippen LogP contribution in [0.15, 0.2) is 35.2 Å². The quantitative estimate of drug-likeness (QED) is 0.783. The van der Waals surface area contributed by atoms with Crippen LogP contribution >= 0.6 is 0 Å². The first-order valence-corrected chi connectivity index (χ1v) is 8.55. The standard InChI is InChI=1S/C16H24O4S/c1-12(20-13(2)17)15(11-16(3,4)5)21(18,19)14-9-7-6-8-10-14/h6-10,12,15H,11H2,1-5H3/t12-,15+/m1/s1. The molecule has 0 saturated heterocycles. The summed E-state index contributed by atoms with van der Waals surface area (Å²) >= 11 is 0. The van der Waals surface area contributed by atoms with Gasteiger partial charge in [0, 0.05) is 6.92 Å². The zero-order valence-electron chi connectivity index (χ0n) is 13.3. The molecule has 0 aliphatic rings. The van der Waals surface area contributed by atoms with Crippen molar-refractivity contribution < 1.29 is 17.9 Å². The predicted molar refractivity (Wildman–Crippen MR) is 82.7 cm³/mol. The third kappa shape index (κ3) is 5.16. The van der Waals surface area contributed by atoms with Gasteiger partial charge < -0.3 is 4.74 Å². The second kappa shape index (κ2) is 6.60. The maximum Gasteiger partial charge on any atom is 0.302 e. The molecule has 118 valence electrons. The van der Waals surface area contributed by atoms with Crippen LogP contribution in [0.1, 0.15) is 41.0 Å². The molecule has 0 aliphatic heterocycles. The van der Waals surface area contributed by atoms with Crippen LogP contribution in [-0.2, 0) is 19.4 Å². The van der Waals surface area contributed by atoms with Gasteiger partial charge in [0.05, 0.1) is 4.90 Å². The van der Waals surface area contributed by atoms with Crippen LogP contribution in [0, 0.1) is 5.41 Å². The van der Waals surface area contributed by atoms with Crippen molar-refractivity contribution in [2.45, 2.75) is 57.3 Å². The Morgan fingerprint density at radius 1 is 1.19 bits per heavy atom. The van der Waals surface area contributed by atoms with Crippen LogP contribution in [0.2, 0.25) is 0 Å². The molecule has 0 bridgehead atoms. The molecule has 0 aliphatic carbocycles. The summed E-state index contributed by atoms with van der Waals surface area (Å²) in [5, 5.41) is -0.760. The molecule has 0 radical (unpaired) electrons. The lowest BCUT2D eigenvalue weighted by atomic mass is 9.89.